The summed E-state index contributed by atoms with van der Waals surface area (Å²) in [6, 6.07) is 14.1. The van der Waals surface area contributed by atoms with Crippen molar-refractivity contribution in [2.75, 3.05) is 64.8 Å². The van der Waals surface area contributed by atoms with Gasteiger partial charge in [0.15, 0.2) is 11.0 Å². The molecule has 70 heavy (non-hydrogen) atoms. The Labute approximate surface area is 443 Å². The van der Waals surface area contributed by atoms with Crippen LogP contribution in [0.5, 0.6) is 0 Å². The number of nitrogens with one attached hydrogen (secondary N) is 1. The number of aromatic nitrogens is 6. The van der Waals surface area contributed by atoms with Crippen LogP contribution in [-0.2, 0) is 65.3 Å². The second-order valence-corrected chi connectivity index (χ2v) is 23.5. The summed E-state index contributed by atoms with van der Waals surface area (Å²) in [4.78, 5) is 53.0. The summed E-state index contributed by atoms with van der Waals surface area (Å²) in [5.74, 6) is 6.59. The van der Waals surface area contributed by atoms with Crippen LogP contribution in [0, 0.1) is 0 Å². The summed E-state index contributed by atoms with van der Waals surface area (Å²) in [5.41, 5.74) is 4.73. The van der Waals surface area contributed by atoms with Crippen molar-refractivity contribution in [2.24, 2.45) is 7.05 Å². The third-order valence-electron chi connectivity index (χ3n) is 11.0. The number of Topliss-reactive ketones (excluding diaryl/α,β-unsaturated/α-hetero) is 1. The number of carbonyl (C=O) groups is 2. The number of nitrogens with zero attached hydrogens (tertiary/aromatic N) is 8. The lowest BCUT2D eigenvalue weighted by atomic mass is 9.94. The van der Waals surface area contributed by atoms with Crippen molar-refractivity contribution >= 4 is 120 Å². The molecule has 0 aliphatic carbocycles. The predicted molar refractivity (Wildman–Crippen MR) is 291 cm³/mol. The minimum atomic E-state index is -0.159. The number of fused-ring (bicyclic) bond motifs is 1. The molecule has 20 heteroatoms. The molecule has 13 nitrogen and oxygen atoms in total. The van der Waals surface area contributed by atoms with Crippen molar-refractivity contribution in [3.05, 3.63) is 112 Å². The van der Waals surface area contributed by atoms with Crippen molar-refractivity contribution in [3.8, 4) is 0 Å². The van der Waals surface area contributed by atoms with Gasteiger partial charge in [-0.05, 0) is 42.3 Å². The summed E-state index contributed by atoms with van der Waals surface area (Å²) < 4.78 is 14.7. The summed E-state index contributed by atoms with van der Waals surface area (Å²) in [7, 11) is 1.92. The molecule has 0 aliphatic heterocycles. The van der Waals surface area contributed by atoms with E-state index in [9.17, 15) is 9.59 Å². The average Bonchev–Trinajstić information content (AvgIpc) is 4.18. The van der Waals surface area contributed by atoms with Crippen LogP contribution in [0.15, 0.2) is 80.3 Å². The quantitative estimate of drug-likeness (QED) is 0.0480. The first-order valence-electron chi connectivity index (χ1n) is 23.0. The molecule has 0 atom stereocenters. The van der Waals surface area contributed by atoms with Crippen molar-refractivity contribution < 1.29 is 18.4 Å². The van der Waals surface area contributed by atoms with E-state index in [0.717, 1.165) is 73.1 Å². The van der Waals surface area contributed by atoms with Crippen LogP contribution in [0.3, 0.4) is 0 Å². The molecule has 2 aromatic carbocycles. The Kier molecular flexibility index (Phi) is 20.5. The van der Waals surface area contributed by atoms with E-state index in [1.54, 1.807) is 41.7 Å². The minimum Gasteiger partial charge on any atom is -0.445 e. The highest BCUT2D eigenvalue weighted by Gasteiger charge is 2.21. The second-order valence-electron chi connectivity index (χ2n) is 18.5. The van der Waals surface area contributed by atoms with Gasteiger partial charge in [0.05, 0.1) is 52.4 Å². The molecule has 1 amide bonds. The lowest BCUT2D eigenvalue weighted by Gasteiger charge is -2.23. The van der Waals surface area contributed by atoms with Gasteiger partial charge in [0.25, 0.3) is 0 Å². The third kappa shape index (κ3) is 16.2. The number of benzene rings is 2. The van der Waals surface area contributed by atoms with E-state index in [4.69, 9.17) is 60.2 Å². The van der Waals surface area contributed by atoms with Gasteiger partial charge >= 0.3 is 0 Å². The lowest BCUT2D eigenvalue weighted by molar-refractivity contribution is -0.118. The smallest absolute Gasteiger partial charge is 0.233 e. The molecule has 0 unspecified atom stereocenters. The number of alkyl halides is 4. The van der Waals surface area contributed by atoms with Crippen LogP contribution in [-0.4, -0.2) is 90.9 Å². The number of amides is 1. The van der Waals surface area contributed by atoms with E-state index in [1.165, 1.54) is 11.3 Å². The van der Waals surface area contributed by atoms with Crippen LogP contribution in [0.1, 0.15) is 86.1 Å². The first-order valence-corrected chi connectivity index (χ1v) is 27.7. The molecule has 0 radical (unpaired) electrons. The Balaban J connectivity index is 0.000000231. The predicted octanol–water partition coefficient (Wildman–Crippen LogP) is 11.9. The van der Waals surface area contributed by atoms with Gasteiger partial charge in [-0.15, -0.1) is 80.8 Å². The topological polar surface area (TPSA) is 148 Å². The zero-order valence-corrected chi connectivity index (χ0v) is 46.2. The highest BCUT2D eigenvalue weighted by atomic mass is 35.5. The van der Waals surface area contributed by atoms with E-state index < -0.39 is 0 Å². The number of ketones is 1. The summed E-state index contributed by atoms with van der Waals surface area (Å²) in [5, 5.41) is 4.31. The Morgan fingerprint density at radius 3 is 1.91 bits per heavy atom. The molecule has 7 aromatic rings. The first-order chi connectivity index (χ1) is 33.5. The zero-order chi connectivity index (χ0) is 50.4. The standard InChI is InChI=1S/C26H32Cl2N6O2S.C24H29Cl2N3O2S2/c1-26(2,3)21-16-29-24(36-21)8-6-18-15-30-25(37-18)32-23(35)14-22-31-19-13-17(5-7-20(19)33(22)4)34(11-9-27)12-10-28;1-24(2,3)20-14-27-21(31-20)16-32-23-15-28-22(33-23)13-19(30)12-17-4-6-18(7-5-17)29(10-8-25)11-9-26/h5,7,13,15-16H,6,8-12,14H2,1-4H3,(H,30,32,35);4-7,14-15H,8-13,16H2,1-3H3. The van der Waals surface area contributed by atoms with Crippen LogP contribution < -0.4 is 15.1 Å². The van der Waals surface area contributed by atoms with E-state index in [-0.39, 0.29) is 28.9 Å². The molecule has 5 aromatic heterocycles. The second kappa shape index (κ2) is 26.0. The molecule has 7 rings (SSSR count). The molecule has 0 spiro atoms. The maximum absolute atomic E-state index is 12.8. The normalized spacial score (nSPS) is 11.8. The SMILES string of the molecule is CC(C)(C)c1cnc(CSc2cnc(CC(=O)Cc3ccc(N(CCCl)CCCl)cc3)s2)o1.Cn1c(CC(=O)Nc2ncc(CCc3ncc(C(C)(C)C)o3)s2)nc2cc(N(CCCl)CCCl)ccc21. The Bertz CT molecular complexity index is 2740. The Morgan fingerprint density at radius 1 is 0.700 bits per heavy atom. The molecular weight excluding hydrogens is 1030 g/mol. The van der Waals surface area contributed by atoms with Crippen molar-refractivity contribution in [3.63, 3.8) is 0 Å². The Hall–Kier alpha value is -4.16. The summed E-state index contributed by atoms with van der Waals surface area (Å²) in [6.45, 7) is 15.5. The number of thiazole rings is 2. The van der Waals surface area contributed by atoms with Gasteiger partial charge < -0.3 is 28.5 Å². The van der Waals surface area contributed by atoms with Crippen molar-refractivity contribution in [1.82, 2.24) is 29.5 Å². The van der Waals surface area contributed by atoms with Crippen LogP contribution in [0.2, 0.25) is 0 Å². The summed E-state index contributed by atoms with van der Waals surface area (Å²) >= 11 is 28.3. The fourth-order valence-corrected chi connectivity index (χ4v) is 10.7. The maximum atomic E-state index is 12.8. The van der Waals surface area contributed by atoms with Crippen molar-refractivity contribution in [1.29, 1.82) is 0 Å². The van der Waals surface area contributed by atoms with Crippen molar-refractivity contribution in [2.45, 2.75) is 94.4 Å². The number of hydrogen-bond acceptors (Lipinski definition) is 14. The van der Waals surface area contributed by atoms with Gasteiger partial charge in [0.1, 0.15) is 28.1 Å². The molecule has 376 valence electrons. The van der Waals surface area contributed by atoms with Gasteiger partial charge in [-0.3, -0.25) is 9.59 Å². The van der Waals surface area contributed by atoms with Gasteiger partial charge in [0.2, 0.25) is 11.8 Å². The number of oxazole rings is 2. The Morgan fingerprint density at radius 2 is 1.30 bits per heavy atom. The first kappa shape index (κ1) is 55.2. The highest BCUT2D eigenvalue weighted by Crippen LogP contribution is 2.31. The fourth-order valence-electron chi connectivity index (χ4n) is 7.11. The summed E-state index contributed by atoms with van der Waals surface area (Å²) in [6.07, 6.45) is 9.51. The van der Waals surface area contributed by atoms with E-state index in [0.29, 0.717) is 84.4 Å². The van der Waals surface area contributed by atoms with Crippen LogP contribution >= 0.6 is 80.8 Å². The monoisotopic (exact) mass is 1090 g/mol. The average molecular weight is 1090 g/mol. The molecule has 1 N–H and O–H groups in total. The highest BCUT2D eigenvalue weighted by molar-refractivity contribution is 8.00. The van der Waals surface area contributed by atoms with E-state index >= 15 is 0 Å². The lowest BCUT2D eigenvalue weighted by Crippen LogP contribution is -2.27. The molecule has 0 saturated carbocycles. The maximum Gasteiger partial charge on any atom is 0.233 e. The number of thioether (sulfide) groups is 1. The number of hydrogen-bond donors (Lipinski definition) is 1. The number of halogens is 4. The molecule has 0 saturated heterocycles. The number of rotatable bonds is 23. The van der Waals surface area contributed by atoms with E-state index in [1.807, 2.05) is 60.3 Å². The molecule has 0 aliphatic rings. The number of aryl methyl sites for hydroxylation is 3. The molecule has 5 heterocycles. The zero-order valence-electron chi connectivity index (χ0n) is 40.7. The molecule has 0 fully saturated rings. The fraction of sp³-hybridized carbons (Fsp3) is 0.460. The van der Waals surface area contributed by atoms with Gasteiger partial charge in [0, 0.05) is 103 Å². The number of anilines is 3. The molecule has 0 bridgehead atoms. The molecular formula is C50H61Cl4N9O4S3. The minimum absolute atomic E-state index is 0.0536. The van der Waals surface area contributed by atoms with Gasteiger partial charge in [-0.1, -0.05) is 53.7 Å². The van der Waals surface area contributed by atoms with E-state index in [2.05, 4.69) is 76.6 Å². The van der Waals surface area contributed by atoms with Gasteiger partial charge in [-0.25, -0.2) is 24.9 Å². The van der Waals surface area contributed by atoms with Crippen LogP contribution in [0.25, 0.3) is 11.0 Å². The largest absolute Gasteiger partial charge is 0.445 e. The number of imidazole rings is 1. The number of carbonyl (C=O) groups excluding carboxylic acids is 2. The van der Waals surface area contributed by atoms with Crippen LogP contribution in [0.4, 0.5) is 16.5 Å². The third-order valence-corrected chi connectivity index (χ3v) is 14.8. The van der Waals surface area contributed by atoms with Gasteiger partial charge in [-0.2, -0.15) is 0 Å².